The first-order chi connectivity index (χ1) is 13.5. The Kier molecular flexibility index (Phi) is 9.49. The van der Waals surface area contributed by atoms with Crippen LogP contribution in [0.4, 0.5) is 0 Å². The number of rotatable bonds is 11. The molecule has 6 atom stereocenters. The van der Waals surface area contributed by atoms with Gasteiger partial charge in [0.05, 0.1) is 18.1 Å². The van der Waals surface area contributed by atoms with E-state index in [9.17, 15) is 4.79 Å². The van der Waals surface area contributed by atoms with Gasteiger partial charge in [0, 0.05) is 13.0 Å². The summed E-state index contributed by atoms with van der Waals surface area (Å²) < 4.78 is 16.8. The van der Waals surface area contributed by atoms with Crippen LogP contribution in [0.3, 0.4) is 0 Å². The van der Waals surface area contributed by atoms with Crippen molar-refractivity contribution in [2.45, 2.75) is 85.2 Å². The van der Waals surface area contributed by atoms with Gasteiger partial charge in [-0.15, -0.1) is 0 Å². The third kappa shape index (κ3) is 5.18. The molecule has 0 radical (unpaired) electrons. The first-order valence-corrected chi connectivity index (χ1v) is 11.5. The summed E-state index contributed by atoms with van der Waals surface area (Å²) in [7, 11) is 1.66. The lowest BCUT2D eigenvalue weighted by molar-refractivity contribution is -0.172. The SMILES string of the molecule is CCCCCC[C@@H](C)C1C=C[C@@H]2C(OCOC)CCC[C@H]2[C@]1(C)C(=O)OCC. The minimum absolute atomic E-state index is 0.0212. The first-order valence-electron chi connectivity index (χ1n) is 11.5. The monoisotopic (exact) mass is 394 g/mol. The first kappa shape index (κ1) is 23.4. The predicted octanol–water partition coefficient (Wildman–Crippen LogP) is 5.75. The molecule has 2 unspecified atom stereocenters. The average molecular weight is 395 g/mol. The highest BCUT2D eigenvalue weighted by molar-refractivity contribution is 5.78. The van der Waals surface area contributed by atoms with E-state index < -0.39 is 5.41 Å². The number of carbonyl (C=O) groups excluding carboxylic acids is 1. The largest absolute Gasteiger partial charge is 0.466 e. The van der Waals surface area contributed by atoms with E-state index in [0.717, 1.165) is 19.3 Å². The maximum atomic E-state index is 13.3. The van der Waals surface area contributed by atoms with Crippen molar-refractivity contribution in [2.75, 3.05) is 20.5 Å². The van der Waals surface area contributed by atoms with E-state index in [2.05, 4.69) is 32.9 Å². The zero-order chi connectivity index (χ0) is 20.6. The van der Waals surface area contributed by atoms with Crippen LogP contribution in [-0.2, 0) is 19.0 Å². The van der Waals surface area contributed by atoms with Gasteiger partial charge in [0.1, 0.15) is 6.79 Å². The van der Waals surface area contributed by atoms with Gasteiger partial charge in [0.25, 0.3) is 0 Å². The maximum Gasteiger partial charge on any atom is 0.312 e. The summed E-state index contributed by atoms with van der Waals surface area (Å²) in [5, 5.41) is 0. The third-order valence-electron chi connectivity index (χ3n) is 7.14. The Morgan fingerprint density at radius 3 is 2.64 bits per heavy atom. The highest BCUT2D eigenvalue weighted by Crippen LogP contribution is 2.54. The van der Waals surface area contributed by atoms with Crippen LogP contribution >= 0.6 is 0 Å². The average Bonchev–Trinajstić information content (AvgIpc) is 2.70. The van der Waals surface area contributed by atoms with Crippen molar-refractivity contribution in [2.24, 2.45) is 29.1 Å². The third-order valence-corrected chi connectivity index (χ3v) is 7.14. The zero-order valence-corrected chi connectivity index (χ0v) is 18.7. The molecule has 2 aliphatic rings. The second kappa shape index (κ2) is 11.3. The summed E-state index contributed by atoms with van der Waals surface area (Å²) in [4.78, 5) is 13.3. The van der Waals surface area contributed by atoms with Crippen molar-refractivity contribution in [1.82, 2.24) is 0 Å². The number of carbonyl (C=O) groups is 1. The van der Waals surface area contributed by atoms with Crippen LogP contribution in [0.25, 0.3) is 0 Å². The molecule has 1 fully saturated rings. The number of ether oxygens (including phenoxy) is 3. The fraction of sp³-hybridized carbons (Fsp3) is 0.875. The molecule has 0 heterocycles. The van der Waals surface area contributed by atoms with E-state index in [1.54, 1.807) is 7.11 Å². The number of methoxy groups -OCH3 is 1. The Balaban J connectivity index is 2.24. The summed E-state index contributed by atoms with van der Waals surface area (Å²) in [6.45, 7) is 9.40. The molecule has 0 bridgehead atoms. The molecule has 1 saturated carbocycles. The lowest BCUT2D eigenvalue weighted by Gasteiger charge is -2.52. The number of esters is 1. The molecule has 0 saturated heterocycles. The van der Waals surface area contributed by atoms with Crippen molar-refractivity contribution < 1.29 is 19.0 Å². The molecule has 0 aromatic carbocycles. The number of hydrogen-bond acceptors (Lipinski definition) is 4. The number of fused-ring (bicyclic) bond motifs is 1. The Morgan fingerprint density at radius 2 is 1.96 bits per heavy atom. The van der Waals surface area contributed by atoms with Crippen LogP contribution in [0, 0.1) is 29.1 Å². The van der Waals surface area contributed by atoms with Gasteiger partial charge >= 0.3 is 5.97 Å². The summed E-state index contributed by atoms with van der Waals surface area (Å²) in [5.74, 6) is 1.23. The van der Waals surface area contributed by atoms with E-state index in [4.69, 9.17) is 14.2 Å². The van der Waals surface area contributed by atoms with Crippen LogP contribution < -0.4 is 0 Å². The van der Waals surface area contributed by atoms with Gasteiger partial charge in [-0.1, -0.05) is 64.5 Å². The normalized spacial score (nSPS) is 33.3. The minimum atomic E-state index is -0.477. The van der Waals surface area contributed by atoms with Gasteiger partial charge in [0.15, 0.2) is 0 Å². The standard InChI is InChI=1S/C24H42O4/c1-6-8-9-10-12-18(3)20-16-15-19-21(24(20,4)23(25)27-7-2)13-11-14-22(19)28-17-26-5/h15-16,18-22H,6-14,17H2,1-5H3/t18-,19+,20?,21-,22?,24-/m1/s1. The maximum absolute atomic E-state index is 13.3. The van der Waals surface area contributed by atoms with Gasteiger partial charge in [-0.25, -0.2) is 0 Å². The fourth-order valence-electron chi connectivity index (χ4n) is 5.61. The Labute approximate surface area is 172 Å². The van der Waals surface area contributed by atoms with E-state index in [0.29, 0.717) is 19.3 Å². The minimum Gasteiger partial charge on any atom is -0.466 e. The van der Waals surface area contributed by atoms with E-state index in [1.807, 2.05) is 6.92 Å². The van der Waals surface area contributed by atoms with Crippen LogP contribution in [0.1, 0.15) is 79.1 Å². The Hall–Kier alpha value is -0.870. The molecule has 0 amide bonds. The van der Waals surface area contributed by atoms with E-state index in [-0.39, 0.29) is 29.8 Å². The molecule has 4 nitrogen and oxygen atoms in total. The summed E-state index contributed by atoms with van der Waals surface area (Å²) in [6, 6.07) is 0. The number of allylic oxidation sites excluding steroid dienone is 1. The fourth-order valence-corrected chi connectivity index (χ4v) is 5.61. The molecular formula is C24H42O4. The van der Waals surface area contributed by atoms with Crippen LogP contribution in [-0.4, -0.2) is 32.6 Å². The van der Waals surface area contributed by atoms with Crippen molar-refractivity contribution in [3.05, 3.63) is 12.2 Å². The van der Waals surface area contributed by atoms with E-state index in [1.165, 1.54) is 32.1 Å². The topological polar surface area (TPSA) is 44.8 Å². The van der Waals surface area contributed by atoms with Crippen molar-refractivity contribution in [3.63, 3.8) is 0 Å². The quantitative estimate of drug-likeness (QED) is 0.194. The molecule has 2 aliphatic carbocycles. The van der Waals surface area contributed by atoms with Crippen LogP contribution in [0.5, 0.6) is 0 Å². The van der Waals surface area contributed by atoms with Crippen molar-refractivity contribution in [3.8, 4) is 0 Å². The zero-order valence-electron chi connectivity index (χ0n) is 18.7. The number of hydrogen-bond donors (Lipinski definition) is 0. The molecule has 4 heteroatoms. The van der Waals surface area contributed by atoms with E-state index >= 15 is 0 Å². The molecule has 0 aliphatic heterocycles. The molecule has 0 spiro atoms. The molecule has 0 N–H and O–H groups in total. The summed E-state index contributed by atoms with van der Waals surface area (Å²) in [5.41, 5.74) is -0.477. The summed E-state index contributed by atoms with van der Waals surface area (Å²) in [6.07, 6.45) is 14.2. The Morgan fingerprint density at radius 1 is 1.18 bits per heavy atom. The highest BCUT2D eigenvalue weighted by Gasteiger charge is 2.55. The van der Waals surface area contributed by atoms with Gasteiger partial charge in [-0.05, 0) is 44.4 Å². The molecule has 2 rings (SSSR count). The molecule has 28 heavy (non-hydrogen) atoms. The molecule has 162 valence electrons. The summed E-state index contributed by atoms with van der Waals surface area (Å²) >= 11 is 0. The van der Waals surface area contributed by atoms with Gasteiger partial charge in [-0.3, -0.25) is 4.79 Å². The Bertz CT molecular complexity index is 503. The predicted molar refractivity (Wildman–Crippen MR) is 113 cm³/mol. The van der Waals surface area contributed by atoms with Crippen molar-refractivity contribution >= 4 is 5.97 Å². The lowest BCUT2D eigenvalue weighted by Crippen LogP contribution is -2.53. The van der Waals surface area contributed by atoms with Crippen molar-refractivity contribution in [1.29, 1.82) is 0 Å². The van der Waals surface area contributed by atoms with Gasteiger partial charge in [-0.2, -0.15) is 0 Å². The lowest BCUT2D eigenvalue weighted by atomic mass is 9.53. The molecule has 0 aromatic heterocycles. The number of unbranched alkanes of at least 4 members (excludes halogenated alkanes) is 3. The second-order valence-corrected chi connectivity index (χ2v) is 8.97. The smallest absolute Gasteiger partial charge is 0.312 e. The van der Waals surface area contributed by atoms with Crippen LogP contribution in [0.2, 0.25) is 0 Å². The molecular weight excluding hydrogens is 352 g/mol. The van der Waals surface area contributed by atoms with Crippen LogP contribution in [0.15, 0.2) is 12.2 Å². The van der Waals surface area contributed by atoms with Gasteiger partial charge in [0.2, 0.25) is 0 Å². The second-order valence-electron chi connectivity index (χ2n) is 8.97. The highest BCUT2D eigenvalue weighted by atomic mass is 16.7. The molecule has 0 aromatic rings. The van der Waals surface area contributed by atoms with Gasteiger partial charge < -0.3 is 14.2 Å².